The molecule has 0 spiro atoms. The van der Waals surface area contributed by atoms with Crippen molar-refractivity contribution in [2.45, 2.75) is 26.8 Å². The zero-order valence-corrected chi connectivity index (χ0v) is 23.5. The summed E-state index contributed by atoms with van der Waals surface area (Å²) in [5.74, 6) is 3.03. The van der Waals surface area contributed by atoms with Gasteiger partial charge < -0.3 is 19.1 Å². The summed E-state index contributed by atoms with van der Waals surface area (Å²) < 4.78 is 18.7. The Kier molecular flexibility index (Phi) is 8.57. The molecule has 1 aliphatic heterocycles. The molecule has 8 nitrogen and oxygen atoms in total. The van der Waals surface area contributed by atoms with Crippen molar-refractivity contribution in [2.24, 2.45) is 4.99 Å². The minimum absolute atomic E-state index is 0.121. The number of esters is 1. The molecule has 0 radical (unpaired) electrons. The lowest BCUT2D eigenvalue weighted by atomic mass is 9.95. The van der Waals surface area contributed by atoms with Gasteiger partial charge in [-0.25, -0.2) is 9.79 Å². The number of nitrogens with zero attached hydrogens (tertiary/aromatic N) is 3. The Bertz CT molecular complexity index is 1620. The van der Waals surface area contributed by atoms with E-state index < -0.39 is 12.0 Å². The second-order valence-corrected chi connectivity index (χ2v) is 9.93. The summed E-state index contributed by atoms with van der Waals surface area (Å²) in [6.07, 6.45) is 7.11. The van der Waals surface area contributed by atoms with E-state index in [4.69, 9.17) is 20.6 Å². The third-order valence-corrected chi connectivity index (χ3v) is 7.10. The first kappa shape index (κ1) is 27.7. The Labute approximate surface area is 231 Å². The van der Waals surface area contributed by atoms with Crippen molar-refractivity contribution in [3.05, 3.63) is 84.5 Å². The molecule has 0 bridgehead atoms. The number of fused-ring (bicyclic) bond motifs is 1. The smallest absolute Gasteiger partial charge is 0.338 e. The lowest BCUT2D eigenvalue weighted by Gasteiger charge is -2.25. The maximum atomic E-state index is 13.8. The van der Waals surface area contributed by atoms with Gasteiger partial charge in [-0.3, -0.25) is 9.36 Å². The highest BCUT2D eigenvalue weighted by Gasteiger charge is 2.33. The molecule has 39 heavy (non-hydrogen) atoms. The monoisotopic (exact) mass is 545 g/mol. The number of terminal acetylenes is 1. The topological polar surface area (TPSA) is 82.4 Å². The van der Waals surface area contributed by atoms with E-state index in [0.717, 1.165) is 16.8 Å². The van der Waals surface area contributed by atoms with Gasteiger partial charge in [-0.2, -0.15) is 0 Å². The molecule has 1 atom stereocenters. The number of benzene rings is 2. The van der Waals surface area contributed by atoms with Crippen LogP contribution in [0.3, 0.4) is 0 Å². The summed E-state index contributed by atoms with van der Waals surface area (Å²) in [5, 5.41) is 0. The molecule has 4 rings (SSSR count). The van der Waals surface area contributed by atoms with Crippen molar-refractivity contribution in [1.82, 2.24) is 4.57 Å². The predicted octanol–water partition coefficient (Wildman–Crippen LogP) is 3.28. The molecule has 0 saturated heterocycles. The summed E-state index contributed by atoms with van der Waals surface area (Å²) in [6, 6.07) is 12.5. The largest absolute Gasteiger partial charge is 0.490 e. The van der Waals surface area contributed by atoms with E-state index >= 15 is 0 Å². The first-order valence-electron chi connectivity index (χ1n) is 12.6. The lowest BCUT2D eigenvalue weighted by molar-refractivity contribution is -0.139. The molecule has 2 aromatic carbocycles. The molecule has 0 aliphatic carbocycles. The van der Waals surface area contributed by atoms with E-state index in [1.165, 1.54) is 11.3 Å². The van der Waals surface area contributed by atoms with Gasteiger partial charge in [0.25, 0.3) is 5.56 Å². The third kappa shape index (κ3) is 5.76. The molecule has 202 valence electrons. The van der Waals surface area contributed by atoms with E-state index in [9.17, 15) is 9.59 Å². The molecule has 1 aliphatic rings. The molecular formula is C30H31N3O5S. The van der Waals surface area contributed by atoms with Gasteiger partial charge in [0.2, 0.25) is 0 Å². The number of hydrogen-bond acceptors (Lipinski definition) is 8. The molecule has 1 aromatic heterocycles. The fourth-order valence-electron chi connectivity index (χ4n) is 4.33. The van der Waals surface area contributed by atoms with Crippen LogP contribution in [0.1, 0.15) is 37.9 Å². The molecule has 0 N–H and O–H groups in total. The second kappa shape index (κ2) is 12.0. The zero-order chi connectivity index (χ0) is 28.1. The molecule has 0 saturated carbocycles. The van der Waals surface area contributed by atoms with Crippen LogP contribution < -0.4 is 29.3 Å². The molecule has 3 aromatic rings. The lowest BCUT2D eigenvalue weighted by Crippen LogP contribution is -2.39. The summed E-state index contributed by atoms with van der Waals surface area (Å²) in [7, 11) is 3.91. The Balaban J connectivity index is 1.87. The zero-order valence-electron chi connectivity index (χ0n) is 22.7. The fourth-order valence-corrected chi connectivity index (χ4v) is 5.38. The number of ether oxygens (including phenoxy) is 3. The first-order valence-corrected chi connectivity index (χ1v) is 13.4. The minimum Gasteiger partial charge on any atom is -0.490 e. The van der Waals surface area contributed by atoms with Crippen LogP contribution >= 0.6 is 11.3 Å². The molecular weight excluding hydrogens is 514 g/mol. The Morgan fingerprint density at radius 1 is 1.13 bits per heavy atom. The van der Waals surface area contributed by atoms with Crippen molar-refractivity contribution < 1.29 is 19.0 Å². The number of carbonyl (C=O) groups is 1. The van der Waals surface area contributed by atoms with Crippen molar-refractivity contribution in [3.8, 4) is 23.8 Å². The van der Waals surface area contributed by atoms with Crippen LogP contribution in [0.4, 0.5) is 5.69 Å². The molecule has 0 amide bonds. The van der Waals surface area contributed by atoms with Gasteiger partial charge in [-0.15, -0.1) is 6.42 Å². The van der Waals surface area contributed by atoms with E-state index in [1.54, 1.807) is 36.6 Å². The Hall–Kier alpha value is -4.29. The second-order valence-electron chi connectivity index (χ2n) is 8.92. The SMILES string of the molecule is C#CCOc1ccc(/C=c2\sc3n(c2=O)[C@H](c2ccc(N(C)C)cc2)C(C(=O)OCC)=C(C)N=3)cc1OCC. The van der Waals surface area contributed by atoms with E-state index in [0.29, 0.717) is 38.7 Å². The number of carbonyl (C=O) groups excluding carboxylic acids is 1. The molecule has 0 unspecified atom stereocenters. The number of aromatic nitrogens is 1. The van der Waals surface area contributed by atoms with Crippen LogP contribution in [0, 0.1) is 12.3 Å². The van der Waals surface area contributed by atoms with Crippen LogP contribution in [-0.4, -0.2) is 44.5 Å². The van der Waals surface area contributed by atoms with Crippen molar-refractivity contribution in [3.63, 3.8) is 0 Å². The summed E-state index contributed by atoms with van der Waals surface area (Å²) in [5.41, 5.74) is 3.17. The molecule has 0 fully saturated rings. The maximum Gasteiger partial charge on any atom is 0.338 e. The average molecular weight is 546 g/mol. The van der Waals surface area contributed by atoms with Crippen molar-refractivity contribution in [2.75, 3.05) is 38.8 Å². The summed E-state index contributed by atoms with van der Waals surface area (Å²) >= 11 is 1.27. The molecule has 2 heterocycles. The number of rotatable bonds is 9. The van der Waals surface area contributed by atoms with Gasteiger partial charge >= 0.3 is 5.97 Å². The van der Waals surface area contributed by atoms with Gasteiger partial charge in [-0.05, 0) is 62.2 Å². The van der Waals surface area contributed by atoms with Gasteiger partial charge in [-0.1, -0.05) is 35.5 Å². The van der Waals surface area contributed by atoms with Gasteiger partial charge in [0.05, 0.1) is 35.1 Å². The quantitative estimate of drug-likeness (QED) is 0.303. The first-order chi connectivity index (χ1) is 18.8. The third-order valence-electron chi connectivity index (χ3n) is 6.12. The minimum atomic E-state index is -0.669. The highest BCUT2D eigenvalue weighted by molar-refractivity contribution is 7.07. The van der Waals surface area contributed by atoms with Crippen LogP contribution in [0.2, 0.25) is 0 Å². The predicted molar refractivity (Wildman–Crippen MR) is 153 cm³/mol. The number of thiazole rings is 1. The van der Waals surface area contributed by atoms with Gasteiger partial charge in [0.15, 0.2) is 16.3 Å². The fraction of sp³-hybridized carbons (Fsp3) is 0.300. The van der Waals surface area contributed by atoms with E-state index in [2.05, 4.69) is 10.9 Å². The van der Waals surface area contributed by atoms with Crippen molar-refractivity contribution in [1.29, 1.82) is 0 Å². The Morgan fingerprint density at radius 3 is 2.51 bits per heavy atom. The van der Waals surface area contributed by atoms with Gasteiger partial charge in [0.1, 0.15) is 6.61 Å². The normalized spacial score (nSPS) is 14.8. The van der Waals surface area contributed by atoms with Crippen LogP contribution in [0.25, 0.3) is 6.08 Å². The summed E-state index contributed by atoms with van der Waals surface area (Å²) in [6.45, 7) is 6.19. The maximum absolute atomic E-state index is 13.8. The molecule has 9 heteroatoms. The number of hydrogen-bond donors (Lipinski definition) is 0. The number of allylic oxidation sites excluding steroid dienone is 1. The average Bonchev–Trinajstić information content (AvgIpc) is 3.21. The standard InChI is InChI=1S/C30H31N3O5S/c1-7-16-38-23-15-10-20(17-24(23)36-8-2)18-25-28(34)33-27(21-11-13-22(14-12-21)32(5)6)26(29(35)37-9-3)19(4)31-30(33)39-25/h1,10-15,17-18,27H,8-9,16H2,2-6H3/b25-18-/t27-/m1/s1. The summed E-state index contributed by atoms with van der Waals surface area (Å²) in [4.78, 5) is 34.1. The highest BCUT2D eigenvalue weighted by atomic mass is 32.1. The van der Waals surface area contributed by atoms with Crippen molar-refractivity contribution >= 4 is 29.1 Å². The highest BCUT2D eigenvalue weighted by Crippen LogP contribution is 2.32. The van der Waals surface area contributed by atoms with Crippen LogP contribution in [0.5, 0.6) is 11.5 Å². The van der Waals surface area contributed by atoms with Crippen LogP contribution in [0.15, 0.2) is 63.5 Å². The Morgan fingerprint density at radius 2 is 1.87 bits per heavy atom. The van der Waals surface area contributed by atoms with Crippen LogP contribution in [-0.2, 0) is 9.53 Å². The van der Waals surface area contributed by atoms with E-state index in [1.807, 2.05) is 56.3 Å². The van der Waals surface area contributed by atoms with E-state index in [-0.39, 0.29) is 18.8 Å². The van der Waals surface area contributed by atoms with Gasteiger partial charge in [0, 0.05) is 19.8 Å². The number of anilines is 1.